The van der Waals surface area contributed by atoms with Gasteiger partial charge in [-0.15, -0.1) is 11.3 Å². The molecule has 17 heavy (non-hydrogen) atoms. The van der Waals surface area contributed by atoms with Crippen molar-refractivity contribution in [2.45, 2.75) is 13.5 Å². The van der Waals surface area contributed by atoms with Gasteiger partial charge in [0.15, 0.2) is 0 Å². The summed E-state index contributed by atoms with van der Waals surface area (Å²) in [6.45, 7) is 2.66. The molecule has 0 spiro atoms. The van der Waals surface area contributed by atoms with E-state index in [0.717, 1.165) is 28.5 Å². The molecule has 0 bridgehead atoms. The van der Waals surface area contributed by atoms with Crippen molar-refractivity contribution in [1.82, 2.24) is 9.97 Å². The molecule has 2 rings (SSSR count). The Bertz CT molecular complexity index is 512. The first kappa shape index (κ1) is 12.3. The molecule has 0 saturated heterocycles. The first-order valence-corrected chi connectivity index (χ1v) is 6.85. The molecule has 0 aliphatic rings. The number of hydrogen-bond acceptors (Lipinski definition) is 5. The van der Waals surface area contributed by atoms with Gasteiger partial charge in [0.1, 0.15) is 17.5 Å². The predicted molar refractivity (Wildman–Crippen MR) is 75.7 cm³/mol. The Morgan fingerprint density at radius 1 is 1.29 bits per heavy atom. The summed E-state index contributed by atoms with van der Waals surface area (Å²) in [6.07, 6.45) is 0. The van der Waals surface area contributed by atoms with Gasteiger partial charge in [0.2, 0.25) is 0 Å². The highest BCUT2D eigenvalue weighted by Gasteiger charge is 2.02. The maximum atomic E-state index is 4.33. The van der Waals surface area contributed by atoms with E-state index < -0.39 is 0 Å². The molecule has 0 amide bonds. The Balaban J connectivity index is 2.05. The minimum Gasteiger partial charge on any atom is -0.373 e. The van der Waals surface area contributed by atoms with Gasteiger partial charge in [-0.05, 0) is 28.9 Å². The van der Waals surface area contributed by atoms with E-state index in [1.54, 1.807) is 11.3 Å². The number of anilines is 2. The molecule has 2 aromatic rings. The molecule has 0 atom stereocenters. The number of hydrogen-bond donors (Lipinski definition) is 2. The second-order valence-corrected chi connectivity index (χ2v) is 5.43. The minimum atomic E-state index is 0.756. The number of aryl methyl sites for hydroxylation is 1. The summed E-state index contributed by atoms with van der Waals surface area (Å²) in [5.74, 6) is 2.42. The second-order valence-electron chi connectivity index (χ2n) is 3.52. The van der Waals surface area contributed by atoms with Crippen molar-refractivity contribution in [3.05, 3.63) is 32.7 Å². The van der Waals surface area contributed by atoms with Crippen LogP contribution in [0.4, 0.5) is 11.6 Å². The first-order chi connectivity index (χ1) is 8.17. The third kappa shape index (κ3) is 3.41. The Hall–Kier alpha value is -1.14. The average molecular weight is 313 g/mol. The largest absolute Gasteiger partial charge is 0.373 e. The molecule has 0 aliphatic carbocycles. The van der Waals surface area contributed by atoms with Crippen LogP contribution in [-0.2, 0) is 6.54 Å². The van der Waals surface area contributed by atoms with Crippen LogP contribution >= 0.6 is 27.3 Å². The van der Waals surface area contributed by atoms with Crippen molar-refractivity contribution >= 4 is 38.9 Å². The molecule has 4 nitrogen and oxygen atoms in total. The zero-order valence-electron chi connectivity index (χ0n) is 9.62. The summed E-state index contributed by atoms with van der Waals surface area (Å²) in [6, 6.07) is 4.00. The molecule has 6 heteroatoms. The molecule has 0 saturated carbocycles. The Morgan fingerprint density at radius 3 is 2.71 bits per heavy atom. The highest BCUT2D eigenvalue weighted by molar-refractivity contribution is 9.10. The lowest BCUT2D eigenvalue weighted by atomic mass is 10.4. The maximum absolute atomic E-state index is 4.33. The van der Waals surface area contributed by atoms with Crippen LogP contribution in [0.5, 0.6) is 0 Å². The molecule has 90 valence electrons. The van der Waals surface area contributed by atoms with E-state index in [1.165, 1.54) is 4.88 Å². The summed E-state index contributed by atoms with van der Waals surface area (Å²) < 4.78 is 1.12. The van der Waals surface area contributed by atoms with Crippen LogP contribution in [0.15, 0.2) is 22.0 Å². The van der Waals surface area contributed by atoms with Crippen LogP contribution in [0.1, 0.15) is 10.7 Å². The highest BCUT2D eigenvalue weighted by atomic mass is 79.9. The summed E-state index contributed by atoms with van der Waals surface area (Å²) in [4.78, 5) is 9.84. The lowest BCUT2D eigenvalue weighted by Gasteiger charge is -2.07. The number of thiophene rings is 1. The van der Waals surface area contributed by atoms with E-state index in [1.807, 2.05) is 20.0 Å². The Labute approximate surface area is 113 Å². The van der Waals surface area contributed by atoms with E-state index in [0.29, 0.717) is 0 Å². The van der Waals surface area contributed by atoms with Crippen LogP contribution in [0.3, 0.4) is 0 Å². The van der Waals surface area contributed by atoms with E-state index >= 15 is 0 Å². The summed E-state index contributed by atoms with van der Waals surface area (Å²) in [5, 5.41) is 8.37. The quantitative estimate of drug-likeness (QED) is 0.909. The lowest BCUT2D eigenvalue weighted by molar-refractivity contribution is 1.03. The van der Waals surface area contributed by atoms with Gasteiger partial charge in [0.25, 0.3) is 0 Å². The smallest absolute Gasteiger partial charge is 0.132 e. The molecular weight excluding hydrogens is 300 g/mol. The van der Waals surface area contributed by atoms with Gasteiger partial charge in [0.05, 0.1) is 6.54 Å². The zero-order chi connectivity index (χ0) is 12.3. The minimum absolute atomic E-state index is 0.756. The zero-order valence-corrected chi connectivity index (χ0v) is 12.0. The molecule has 2 aromatic heterocycles. The third-order valence-corrected chi connectivity index (χ3v) is 3.86. The lowest BCUT2D eigenvalue weighted by Crippen LogP contribution is -2.04. The van der Waals surface area contributed by atoms with Gasteiger partial charge in [-0.2, -0.15) is 0 Å². The monoisotopic (exact) mass is 312 g/mol. The van der Waals surface area contributed by atoms with Crippen molar-refractivity contribution in [2.24, 2.45) is 0 Å². The number of aromatic nitrogens is 2. The molecule has 0 aromatic carbocycles. The van der Waals surface area contributed by atoms with E-state index in [-0.39, 0.29) is 0 Å². The summed E-state index contributed by atoms with van der Waals surface area (Å²) in [5.41, 5.74) is 0. The van der Waals surface area contributed by atoms with Crippen molar-refractivity contribution in [3.63, 3.8) is 0 Å². The van der Waals surface area contributed by atoms with Crippen molar-refractivity contribution in [2.75, 3.05) is 17.7 Å². The fourth-order valence-corrected chi connectivity index (χ4v) is 2.80. The maximum Gasteiger partial charge on any atom is 0.132 e. The molecule has 2 N–H and O–H groups in total. The molecule has 0 unspecified atom stereocenters. The fourth-order valence-electron chi connectivity index (χ4n) is 1.41. The molecule has 0 aliphatic heterocycles. The third-order valence-electron chi connectivity index (χ3n) is 2.16. The van der Waals surface area contributed by atoms with E-state index in [9.17, 15) is 0 Å². The van der Waals surface area contributed by atoms with Crippen molar-refractivity contribution in [3.8, 4) is 0 Å². The Kier molecular flexibility index (Phi) is 3.96. The topological polar surface area (TPSA) is 49.8 Å². The van der Waals surface area contributed by atoms with Gasteiger partial charge >= 0.3 is 0 Å². The van der Waals surface area contributed by atoms with Gasteiger partial charge in [-0.3, -0.25) is 0 Å². The van der Waals surface area contributed by atoms with E-state index in [2.05, 4.69) is 48.0 Å². The molecular formula is C11H13BrN4S. The van der Waals surface area contributed by atoms with Crippen LogP contribution in [0, 0.1) is 6.92 Å². The Morgan fingerprint density at radius 2 is 2.06 bits per heavy atom. The van der Waals surface area contributed by atoms with Gasteiger partial charge in [0, 0.05) is 27.8 Å². The van der Waals surface area contributed by atoms with Gasteiger partial charge in [-0.1, -0.05) is 0 Å². The molecule has 0 fully saturated rings. The summed E-state index contributed by atoms with van der Waals surface area (Å²) >= 11 is 5.15. The predicted octanol–water partition coefficient (Wildman–Crippen LogP) is 3.26. The average Bonchev–Trinajstić information content (AvgIpc) is 2.72. The van der Waals surface area contributed by atoms with Crippen LogP contribution in [-0.4, -0.2) is 17.0 Å². The number of nitrogens with one attached hydrogen (secondary N) is 2. The van der Waals surface area contributed by atoms with Crippen LogP contribution < -0.4 is 10.6 Å². The van der Waals surface area contributed by atoms with E-state index in [4.69, 9.17) is 0 Å². The normalized spacial score (nSPS) is 10.3. The molecule has 2 heterocycles. The van der Waals surface area contributed by atoms with Crippen molar-refractivity contribution in [1.29, 1.82) is 0 Å². The number of halogens is 1. The standard InChI is InChI=1S/C11H13BrN4S/c1-7-15-10(13-2)4-11(16-7)14-5-9-3-8(12)6-17-9/h3-4,6H,5H2,1-2H3,(H2,13,14,15,16). The summed E-state index contributed by atoms with van der Waals surface area (Å²) in [7, 11) is 1.85. The van der Waals surface area contributed by atoms with Crippen molar-refractivity contribution < 1.29 is 0 Å². The number of rotatable bonds is 4. The second kappa shape index (κ2) is 5.46. The fraction of sp³-hybridized carbons (Fsp3) is 0.273. The SMILES string of the molecule is CNc1cc(NCc2cc(Br)cs2)nc(C)n1. The van der Waals surface area contributed by atoms with Crippen LogP contribution in [0.2, 0.25) is 0 Å². The molecule has 0 radical (unpaired) electrons. The van der Waals surface area contributed by atoms with Gasteiger partial charge in [-0.25, -0.2) is 9.97 Å². The first-order valence-electron chi connectivity index (χ1n) is 5.17. The van der Waals surface area contributed by atoms with Crippen LogP contribution in [0.25, 0.3) is 0 Å². The number of nitrogens with zero attached hydrogens (tertiary/aromatic N) is 2. The highest BCUT2D eigenvalue weighted by Crippen LogP contribution is 2.20. The van der Waals surface area contributed by atoms with Gasteiger partial charge < -0.3 is 10.6 Å².